The molecule has 0 spiro atoms. The minimum Gasteiger partial charge on any atom is -0.351 e. The lowest BCUT2D eigenvalue weighted by molar-refractivity contribution is -0.117. The molecular weight excluding hydrogens is 279 g/mol. The summed E-state index contributed by atoms with van der Waals surface area (Å²) in [6.07, 6.45) is 1.93. The van der Waals surface area contributed by atoms with E-state index in [0.29, 0.717) is 13.0 Å². The first-order valence-corrected chi connectivity index (χ1v) is 6.89. The topological polar surface area (TPSA) is 52.9 Å². The van der Waals surface area contributed by atoms with Crippen LogP contribution >= 0.6 is 0 Å². The number of halogens is 1. The molecule has 0 fully saturated rings. The minimum absolute atomic E-state index is 0.113. The summed E-state index contributed by atoms with van der Waals surface area (Å²) in [7, 11) is 0. The minimum atomic E-state index is -0.498. The molecule has 0 atom stereocenters. The molecular formula is C18H15FN2O. The lowest BCUT2D eigenvalue weighted by Crippen LogP contribution is -2.26. The van der Waals surface area contributed by atoms with E-state index in [9.17, 15) is 9.18 Å². The van der Waals surface area contributed by atoms with Crippen LogP contribution in [-0.4, -0.2) is 12.5 Å². The Morgan fingerprint density at radius 3 is 2.50 bits per heavy atom. The first-order valence-electron chi connectivity index (χ1n) is 6.89. The van der Waals surface area contributed by atoms with Gasteiger partial charge in [-0.05, 0) is 24.1 Å². The number of hydrogen-bond acceptors (Lipinski definition) is 2. The molecule has 2 aromatic carbocycles. The molecule has 22 heavy (non-hydrogen) atoms. The number of nitrogens with one attached hydrogen (secondary N) is 1. The van der Waals surface area contributed by atoms with E-state index in [4.69, 9.17) is 5.26 Å². The largest absolute Gasteiger partial charge is 0.351 e. The van der Waals surface area contributed by atoms with Crippen molar-refractivity contribution in [3.8, 4) is 6.07 Å². The van der Waals surface area contributed by atoms with Crippen molar-refractivity contribution in [1.29, 1.82) is 5.26 Å². The Morgan fingerprint density at radius 2 is 1.82 bits per heavy atom. The van der Waals surface area contributed by atoms with E-state index in [2.05, 4.69) is 5.32 Å². The van der Waals surface area contributed by atoms with E-state index in [1.54, 1.807) is 12.1 Å². The van der Waals surface area contributed by atoms with Crippen molar-refractivity contribution in [1.82, 2.24) is 5.32 Å². The lowest BCUT2D eigenvalue weighted by Gasteiger charge is -2.05. The molecule has 0 unspecified atom stereocenters. The summed E-state index contributed by atoms with van der Waals surface area (Å²) in [6, 6.07) is 17.5. The quantitative estimate of drug-likeness (QED) is 0.680. The molecule has 110 valence electrons. The Morgan fingerprint density at radius 1 is 1.14 bits per heavy atom. The maximum absolute atomic E-state index is 13.5. The second-order valence-electron chi connectivity index (χ2n) is 4.68. The highest BCUT2D eigenvalue weighted by molar-refractivity contribution is 6.01. The number of hydrogen-bond donors (Lipinski definition) is 1. The van der Waals surface area contributed by atoms with E-state index < -0.39 is 11.7 Å². The molecule has 0 heterocycles. The van der Waals surface area contributed by atoms with Crippen molar-refractivity contribution in [3.63, 3.8) is 0 Å². The average molecular weight is 294 g/mol. The molecule has 0 saturated carbocycles. The molecule has 0 aliphatic heterocycles. The maximum atomic E-state index is 13.5. The molecule has 1 N–H and O–H groups in total. The van der Waals surface area contributed by atoms with Gasteiger partial charge in [0.2, 0.25) is 0 Å². The zero-order valence-electron chi connectivity index (χ0n) is 11.9. The van der Waals surface area contributed by atoms with Gasteiger partial charge in [0.05, 0.1) is 0 Å². The molecule has 1 amide bonds. The monoisotopic (exact) mass is 294 g/mol. The number of amides is 1. The third-order valence-corrected chi connectivity index (χ3v) is 3.11. The molecule has 0 aromatic heterocycles. The maximum Gasteiger partial charge on any atom is 0.261 e. The number of benzene rings is 2. The number of carbonyl (C=O) groups is 1. The van der Waals surface area contributed by atoms with Crippen LogP contribution in [0.5, 0.6) is 0 Å². The first-order chi connectivity index (χ1) is 10.7. The zero-order valence-corrected chi connectivity index (χ0v) is 11.9. The van der Waals surface area contributed by atoms with E-state index in [0.717, 1.165) is 5.56 Å². The van der Waals surface area contributed by atoms with Crippen LogP contribution in [0.1, 0.15) is 11.1 Å². The van der Waals surface area contributed by atoms with Gasteiger partial charge in [0.15, 0.2) is 0 Å². The van der Waals surface area contributed by atoms with Gasteiger partial charge in [0, 0.05) is 12.1 Å². The van der Waals surface area contributed by atoms with Crippen molar-refractivity contribution in [2.24, 2.45) is 0 Å². The Labute approximate surface area is 128 Å². The van der Waals surface area contributed by atoms with Gasteiger partial charge in [-0.1, -0.05) is 48.5 Å². The summed E-state index contributed by atoms with van der Waals surface area (Å²) in [6.45, 7) is 0.416. The summed E-state index contributed by atoms with van der Waals surface area (Å²) in [4.78, 5) is 12.0. The second-order valence-corrected chi connectivity index (χ2v) is 4.68. The molecule has 0 radical (unpaired) electrons. The Balaban J connectivity index is 1.98. The van der Waals surface area contributed by atoms with E-state index >= 15 is 0 Å². The van der Waals surface area contributed by atoms with Gasteiger partial charge in [-0.2, -0.15) is 5.26 Å². The van der Waals surface area contributed by atoms with Crippen LogP contribution in [-0.2, 0) is 11.2 Å². The van der Waals surface area contributed by atoms with Crippen molar-refractivity contribution >= 4 is 12.0 Å². The van der Waals surface area contributed by atoms with Crippen LogP contribution in [0.3, 0.4) is 0 Å². The molecule has 2 rings (SSSR count). The predicted molar refractivity (Wildman–Crippen MR) is 83.1 cm³/mol. The first kappa shape index (κ1) is 15.5. The van der Waals surface area contributed by atoms with Crippen molar-refractivity contribution in [2.45, 2.75) is 6.42 Å². The standard InChI is InChI=1S/C18H15FN2O/c19-17-9-5-4-8-15(17)12-16(13-20)18(22)21-11-10-14-6-2-1-3-7-14/h1-9,12H,10-11H2,(H,21,22)/b16-12-. The number of nitrogens with zero attached hydrogens (tertiary/aromatic N) is 1. The fourth-order valence-corrected chi connectivity index (χ4v) is 1.96. The van der Waals surface area contributed by atoms with Crippen LogP contribution in [0.4, 0.5) is 4.39 Å². The molecule has 0 aliphatic carbocycles. The van der Waals surface area contributed by atoms with Crippen molar-refractivity contribution in [2.75, 3.05) is 6.54 Å². The van der Waals surface area contributed by atoms with E-state index in [-0.39, 0.29) is 11.1 Å². The fraction of sp³-hybridized carbons (Fsp3) is 0.111. The van der Waals surface area contributed by atoms with E-state index in [1.807, 2.05) is 36.4 Å². The average Bonchev–Trinajstić information content (AvgIpc) is 2.55. The second kappa shape index (κ2) is 7.75. The van der Waals surface area contributed by atoms with Crippen LogP contribution in [0.15, 0.2) is 60.2 Å². The van der Waals surface area contributed by atoms with Crippen molar-refractivity contribution < 1.29 is 9.18 Å². The third kappa shape index (κ3) is 4.29. The Bertz CT molecular complexity index is 717. The SMILES string of the molecule is N#C/C(=C/c1ccccc1F)C(=O)NCCc1ccccc1. The zero-order chi connectivity index (χ0) is 15.8. The molecule has 4 heteroatoms. The van der Waals surface area contributed by atoms with Crippen LogP contribution in [0, 0.1) is 17.1 Å². The Hall–Kier alpha value is -2.93. The van der Waals surface area contributed by atoms with Crippen LogP contribution in [0.2, 0.25) is 0 Å². The van der Waals surface area contributed by atoms with Gasteiger partial charge in [-0.3, -0.25) is 4.79 Å². The highest BCUT2D eigenvalue weighted by Crippen LogP contribution is 2.11. The summed E-state index contributed by atoms with van der Waals surface area (Å²) >= 11 is 0. The summed E-state index contributed by atoms with van der Waals surface area (Å²) in [5.41, 5.74) is 1.20. The summed E-state index contributed by atoms with van der Waals surface area (Å²) < 4.78 is 13.5. The van der Waals surface area contributed by atoms with Gasteiger partial charge in [-0.15, -0.1) is 0 Å². The number of nitriles is 1. The predicted octanol–water partition coefficient (Wildman–Crippen LogP) is 3.09. The fourth-order valence-electron chi connectivity index (χ4n) is 1.96. The molecule has 0 saturated heterocycles. The van der Waals surface area contributed by atoms with Crippen molar-refractivity contribution in [3.05, 3.63) is 77.1 Å². The summed E-state index contributed by atoms with van der Waals surface area (Å²) in [5, 5.41) is 11.7. The highest BCUT2D eigenvalue weighted by Gasteiger charge is 2.09. The molecule has 0 bridgehead atoms. The van der Waals surface area contributed by atoms with Gasteiger partial charge in [0.25, 0.3) is 5.91 Å². The van der Waals surface area contributed by atoms with E-state index in [1.165, 1.54) is 18.2 Å². The van der Waals surface area contributed by atoms with Gasteiger partial charge < -0.3 is 5.32 Å². The molecule has 3 nitrogen and oxygen atoms in total. The van der Waals surface area contributed by atoms with Crippen LogP contribution < -0.4 is 5.32 Å². The Kier molecular flexibility index (Phi) is 5.44. The van der Waals surface area contributed by atoms with Gasteiger partial charge in [0.1, 0.15) is 17.5 Å². The number of carbonyl (C=O) groups excluding carboxylic acids is 1. The molecule has 0 aliphatic rings. The third-order valence-electron chi connectivity index (χ3n) is 3.11. The normalized spacial score (nSPS) is 10.8. The van der Waals surface area contributed by atoms with Gasteiger partial charge in [-0.25, -0.2) is 4.39 Å². The molecule has 2 aromatic rings. The summed E-state index contributed by atoms with van der Waals surface area (Å²) in [5.74, 6) is -0.964. The van der Waals surface area contributed by atoms with Crippen LogP contribution in [0.25, 0.3) is 6.08 Å². The highest BCUT2D eigenvalue weighted by atomic mass is 19.1. The van der Waals surface area contributed by atoms with Gasteiger partial charge >= 0.3 is 0 Å². The number of rotatable bonds is 5. The smallest absolute Gasteiger partial charge is 0.261 e. The lowest BCUT2D eigenvalue weighted by atomic mass is 10.1.